The zero-order valence-corrected chi connectivity index (χ0v) is 17.5. The molecule has 7 heteroatoms. The van der Waals surface area contributed by atoms with Gasteiger partial charge in [0.05, 0.1) is 18.8 Å². The van der Waals surface area contributed by atoms with Gasteiger partial charge in [-0.1, -0.05) is 29.8 Å². The predicted octanol–water partition coefficient (Wildman–Crippen LogP) is 3.98. The number of hydrogen-bond acceptors (Lipinski definition) is 5. The summed E-state index contributed by atoms with van der Waals surface area (Å²) in [7, 11) is 1.78. The number of carbonyl (C=O) groups is 1. The highest BCUT2D eigenvalue weighted by Crippen LogP contribution is 2.23. The average Bonchev–Trinajstić information content (AvgIpc) is 2.79. The summed E-state index contributed by atoms with van der Waals surface area (Å²) in [5.74, 6) is 0.641. The van der Waals surface area contributed by atoms with Crippen LogP contribution in [0.15, 0.2) is 60.9 Å². The number of carbonyl (C=O) groups excluding carboxylic acids is 1. The van der Waals surface area contributed by atoms with E-state index in [0.29, 0.717) is 31.1 Å². The first kappa shape index (κ1) is 20.3. The molecule has 0 radical (unpaired) electrons. The van der Waals surface area contributed by atoms with E-state index in [2.05, 4.69) is 21.4 Å². The van der Waals surface area contributed by atoms with Crippen LogP contribution in [0.1, 0.15) is 33.3 Å². The highest BCUT2D eigenvalue weighted by atomic mass is 35.5. The molecule has 30 heavy (non-hydrogen) atoms. The van der Waals surface area contributed by atoms with E-state index in [9.17, 15) is 4.79 Å². The minimum absolute atomic E-state index is 0.0280. The SMILES string of the molecule is CNc1cc(C(=O)N2CCOC(c3ccc(Cc4cccc(Cl)c4)cn3)C2)ccn1. The lowest BCUT2D eigenvalue weighted by Gasteiger charge is -2.32. The van der Waals surface area contributed by atoms with Crippen molar-refractivity contribution in [3.05, 3.63) is 88.3 Å². The standard InChI is InChI=1S/C23H23ClN4O2/c1-25-22-13-18(7-8-26-22)23(29)28-9-10-30-21(15-28)20-6-5-17(14-27-20)11-16-3-2-4-19(24)12-16/h2-8,12-14,21H,9-11,15H2,1H3,(H,25,26). The highest BCUT2D eigenvalue weighted by molar-refractivity contribution is 6.30. The predicted molar refractivity (Wildman–Crippen MR) is 117 cm³/mol. The molecule has 3 heterocycles. The van der Waals surface area contributed by atoms with Crippen LogP contribution in [-0.2, 0) is 11.2 Å². The number of morpholine rings is 1. The zero-order valence-electron chi connectivity index (χ0n) is 16.7. The second-order valence-electron chi connectivity index (χ2n) is 7.19. The van der Waals surface area contributed by atoms with Gasteiger partial charge in [0.25, 0.3) is 5.91 Å². The molecule has 3 aromatic rings. The van der Waals surface area contributed by atoms with Gasteiger partial charge in [0, 0.05) is 36.6 Å². The molecule has 1 atom stereocenters. The van der Waals surface area contributed by atoms with Gasteiger partial charge >= 0.3 is 0 Å². The maximum Gasteiger partial charge on any atom is 0.254 e. The number of hydrogen-bond donors (Lipinski definition) is 1. The quantitative estimate of drug-likeness (QED) is 0.673. The molecule has 2 aromatic heterocycles. The fraction of sp³-hybridized carbons (Fsp3) is 0.261. The Kier molecular flexibility index (Phi) is 6.26. The first-order valence-corrected chi connectivity index (χ1v) is 10.2. The molecule has 0 bridgehead atoms. The van der Waals surface area contributed by atoms with Gasteiger partial charge in [0.1, 0.15) is 11.9 Å². The normalized spacial score (nSPS) is 16.3. The molecular weight excluding hydrogens is 400 g/mol. The summed E-state index contributed by atoms with van der Waals surface area (Å²) in [5, 5.41) is 3.69. The van der Waals surface area contributed by atoms with Crippen LogP contribution in [0.2, 0.25) is 5.02 Å². The van der Waals surface area contributed by atoms with Crippen LogP contribution in [0.4, 0.5) is 5.82 Å². The summed E-state index contributed by atoms with van der Waals surface area (Å²) >= 11 is 6.07. The van der Waals surface area contributed by atoms with Gasteiger partial charge in [-0.2, -0.15) is 0 Å². The number of nitrogens with one attached hydrogen (secondary N) is 1. The summed E-state index contributed by atoms with van der Waals surface area (Å²) in [6.45, 7) is 1.50. The maximum absolute atomic E-state index is 12.9. The van der Waals surface area contributed by atoms with Crippen molar-refractivity contribution in [2.45, 2.75) is 12.5 Å². The van der Waals surface area contributed by atoms with Gasteiger partial charge in [-0.05, 0) is 47.9 Å². The van der Waals surface area contributed by atoms with Crippen molar-refractivity contribution in [3.8, 4) is 0 Å². The molecule has 1 saturated heterocycles. The summed E-state index contributed by atoms with van der Waals surface area (Å²) in [6.07, 6.45) is 4.02. The Labute approximate surface area is 180 Å². The third kappa shape index (κ3) is 4.78. The molecular formula is C23H23ClN4O2. The molecule has 1 aromatic carbocycles. The monoisotopic (exact) mass is 422 g/mol. The largest absolute Gasteiger partial charge is 0.373 e. The van der Waals surface area contributed by atoms with Crippen LogP contribution in [0.3, 0.4) is 0 Å². The molecule has 1 amide bonds. The number of rotatable bonds is 5. The number of pyridine rings is 2. The minimum atomic E-state index is -0.242. The van der Waals surface area contributed by atoms with E-state index in [1.807, 2.05) is 41.4 Å². The van der Waals surface area contributed by atoms with Crippen LogP contribution >= 0.6 is 11.6 Å². The number of ether oxygens (including phenoxy) is 1. The van der Waals surface area contributed by atoms with E-state index in [0.717, 1.165) is 28.3 Å². The van der Waals surface area contributed by atoms with Gasteiger partial charge < -0.3 is 15.0 Å². The van der Waals surface area contributed by atoms with Gasteiger partial charge in [-0.15, -0.1) is 0 Å². The molecule has 154 valence electrons. The molecule has 1 aliphatic rings. The summed E-state index contributed by atoms with van der Waals surface area (Å²) in [6, 6.07) is 15.3. The lowest BCUT2D eigenvalue weighted by molar-refractivity contribution is -0.0247. The zero-order chi connectivity index (χ0) is 20.9. The van der Waals surface area contributed by atoms with E-state index in [-0.39, 0.29) is 12.0 Å². The van der Waals surface area contributed by atoms with Crippen LogP contribution < -0.4 is 5.32 Å². The molecule has 1 N–H and O–H groups in total. The van der Waals surface area contributed by atoms with Crippen LogP contribution in [0, 0.1) is 0 Å². The molecule has 1 fully saturated rings. The van der Waals surface area contributed by atoms with E-state index >= 15 is 0 Å². The van der Waals surface area contributed by atoms with E-state index in [1.54, 1.807) is 25.4 Å². The molecule has 1 unspecified atom stereocenters. The van der Waals surface area contributed by atoms with E-state index < -0.39 is 0 Å². The van der Waals surface area contributed by atoms with Crippen molar-refractivity contribution in [2.75, 3.05) is 32.1 Å². The Bertz CT molecular complexity index is 1030. The third-order valence-corrected chi connectivity index (χ3v) is 5.33. The van der Waals surface area contributed by atoms with Crippen molar-refractivity contribution in [3.63, 3.8) is 0 Å². The Morgan fingerprint density at radius 2 is 2.10 bits per heavy atom. The molecule has 1 aliphatic heterocycles. The summed E-state index contributed by atoms with van der Waals surface area (Å²) in [5.41, 5.74) is 3.68. The fourth-order valence-corrected chi connectivity index (χ4v) is 3.72. The topological polar surface area (TPSA) is 67.4 Å². The van der Waals surface area contributed by atoms with Crippen molar-refractivity contribution < 1.29 is 9.53 Å². The Balaban J connectivity index is 1.43. The molecule has 0 saturated carbocycles. The van der Waals surface area contributed by atoms with Gasteiger partial charge in [0.2, 0.25) is 0 Å². The number of halogens is 1. The van der Waals surface area contributed by atoms with Crippen LogP contribution in [0.25, 0.3) is 0 Å². The van der Waals surface area contributed by atoms with E-state index in [1.165, 1.54) is 0 Å². The minimum Gasteiger partial charge on any atom is -0.373 e. The van der Waals surface area contributed by atoms with Crippen molar-refractivity contribution in [2.24, 2.45) is 0 Å². The number of anilines is 1. The Morgan fingerprint density at radius 1 is 1.20 bits per heavy atom. The second kappa shape index (κ2) is 9.24. The Hall–Kier alpha value is -2.96. The number of aromatic nitrogens is 2. The van der Waals surface area contributed by atoms with Gasteiger partial charge in [0.15, 0.2) is 0 Å². The third-order valence-electron chi connectivity index (χ3n) is 5.09. The molecule has 0 spiro atoms. The van der Waals surface area contributed by atoms with Crippen LogP contribution in [0.5, 0.6) is 0 Å². The van der Waals surface area contributed by atoms with Crippen molar-refractivity contribution in [1.82, 2.24) is 14.9 Å². The number of amides is 1. The highest BCUT2D eigenvalue weighted by Gasteiger charge is 2.27. The molecule has 6 nitrogen and oxygen atoms in total. The van der Waals surface area contributed by atoms with Crippen LogP contribution in [-0.4, -0.2) is 47.5 Å². The number of benzene rings is 1. The lowest BCUT2D eigenvalue weighted by Crippen LogP contribution is -2.42. The first-order valence-electron chi connectivity index (χ1n) is 9.86. The average molecular weight is 423 g/mol. The molecule has 4 rings (SSSR count). The summed E-state index contributed by atoms with van der Waals surface area (Å²) in [4.78, 5) is 23.5. The second-order valence-corrected chi connectivity index (χ2v) is 7.62. The Morgan fingerprint density at radius 3 is 2.87 bits per heavy atom. The van der Waals surface area contributed by atoms with E-state index in [4.69, 9.17) is 16.3 Å². The summed E-state index contributed by atoms with van der Waals surface area (Å²) < 4.78 is 5.90. The van der Waals surface area contributed by atoms with Crippen molar-refractivity contribution in [1.29, 1.82) is 0 Å². The maximum atomic E-state index is 12.9. The smallest absolute Gasteiger partial charge is 0.254 e. The fourth-order valence-electron chi connectivity index (χ4n) is 3.51. The molecule has 0 aliphatic carbocycles. The van der Waals surface area contributed by atoms with Gasteiger partial charge in [-0.25, -0.2) is 4.98 Å². The first-order chi connectivity index (χ1) is 14.6. The van der Waals surface area contributed by atoms with Gasteiger partial charge in [-0.3, -0.25) is 9.78 Å². The lowest BCUT2D eigenvalue weighted by atomic mass is 10.1. The van der Waals surface area contributed by atoms with Crippen molar-refractivity contribution >= 4 is 23.3 Å². The number of nitrogens with zero attached hydrogens (tertiary/aromatic N) is 3.